The van der Waals surface area contributed by atoms with Crippen LogP contribution < -0.4 is 5.32 Å². The first kappa shape index (κ1) is 8.97. The molecule has 4 nitrogen and oxygen atoms in total. The number of rotatable bonds is 2. The van der Waals surface area contributed by atoms with Crippen molar-refractivity contribution >= 4 is 5.91 Å². The standard InChI is InChI=1S/C9H16N2O2/c1-6-4-10-9(13)8(5-12)11(6)7-2-3-7/h6-8,12H,2-5H2,1H3,(H,10,13). The molecule has 0 radical (unpaired) electrons. The second kappa shape index (κ2) is 3.27. The molecule has 1 amide bonds. The third kappa shape index (κ3) is 1.56. The molecule has 0 bridgehead atoms. The maximum absolute atomic E-state index is 11.4. The Morgan fingerprint density at radius 1 is 1.62 bits per heavy atom. The summed E-state index contributed by atoms with van der Waals surface area (Å²) >= 11 is 0. The van der Waals surface area contributed by atoms with Crippen LogP contribution in [-0.2, 0) is 4.79 Å². The van der Waals surface area contributed by atoms with Crippen LogP contribution in [0.4, 0.5) is 0 Å². The smallest absolute Gasteiger partial charge is 0.239 e. The Balaban J connectivity index is 2.11. The van der Waals surface area contributed by atoms with Gasteiger partial charge >= 0.3 is 0 Å². The average Bonchev–Trinajstić information content (AvgIpc) is 2.91. The van der Waals surface area contributed by atoms with Gasteiger partial charge in [0.05, 0.1) is 6.61 Å². The van der Waals surface area contributed by atoms with Crippen molar-refractivity contribution in [3.63, 3.8) is 0 Å². The largest absolute Gasteiger partial charge is 0.394 e. The highest BCUT2D eigenvalue weighted by atomic mass is 16.3. The van der Waals surface area contributed by atoms with Gasteiger partial charge in [-0.3, -0.25) is 9.69 Å². The Morgan fingerprint density at radius 3 is 2.85 bits per heavy atom. The molecule has 13 heavy (non-hydrogen) atoms. The first-order valence-electron chi connectivity index (χ1n) is 4.90. The van der Waals surface area contributed by atoms with Crippen LogP contribution in [0.25, 0.3) is 0 Å². The molecular formula is C9H16N2O2. The lowest BCUT2D eigenvalue weighted by Crippen LogP contribution is -2.61. The summed E-state index contributed by atoms with van der Waals surface area (Å²) < 4.78 is 0. The third-order valence-corrected chi connectivity index (χ3v) is 2.88. The summed E-state index contributed by atoms with van der Waals surface area (Å²) in [5, 5.41) is 11.9. The SMILES string of the molecule is CC1CNC(=O)C(CO)N1C1CC1. The Bertz CT molecular complexity index is 216. The normalized spacial score (nSPS) is 36.0. The Labute approximate surface area is 77.9 Å². The monoisotopic (exact) mass is 184 g/mol. The summed E-state index contributed by atoms with van der Waals surface area (Å²) in [5.74, 6) is -0.0208. The van der Waals surface area contributed by atoms with Crippen molar-refractivity contribution in [2.24, 2.45) is 0 Å². The van der Waals surface area contributed by atoms with Crippen LogP contribution in [0.5, 0.6) is 0 Å². The molecule has 0 aromatic heterocycles. The highest BCUT2D eigenvalue weighted by Gasteiger charge is 2.42. The summed E-state index contributed by atoms with van der Waals surface area (Å²) in [6.07, 6.45) is 2.35. The molecule has 0 aromatic carbocycles. The highest BCUT2D eigenvalue weighted by Crippen LogP contribution is 2.31. The van der Waals surface area contributed by atoms with Crippen LogP contribution in [0.1, 0.15) is 19.8 Å². The molecule has 74 valence electrons. The topological polar surface area (TPSA) is 52.6 Å². The molecule has 2 fully saturated rings. The number of nitrogens with one attached hydrogen (secondary N) is 1. The summed E-state index contributed by atoms with van der Waals surface area (Å²) in [6, 6.07) is 0.594. The van der Waals surface area contributed by atoms with Gasteiger partial charge in [0.15, 0.2) is 0 Å². The van der Waals surface area contributed by atoms with Gasteiger partial charge in [-0.15, -0.1) is 0 Å². The maximum atomic E-state index is 11.4. The molecular weight excluding hydrogens is 168 g/mol. The van der Waals surface area contributed by atoms with Crippen molar-refractivity contribution in [3.05, 3.63) is 0 Å². The first-order chi connectivity index (χ1) is 6.24. The Hall–Kier alpha value is -0.610. The van der Waals surface area contributed by atoms with E-state index < -0.39 is 0 Å². The van der Waals surface area contributed by atoms with Gasteiger partial charge in [0.1, 0.15) is 6.04 Å². The molecule has 0 aromatic rings. The maximum Gasteiger partial charge on any atom is 0.239 e. The van der Waals surface area contributed by atoms with Crippen LogP contribution in [-0.4, -0.2) is 47.2 Å². The van der Waals surface area contributed by atoms with Gasteiger partial charge in [-0.2, -0.15) is 0 Å². The Morgan fingerprint density at radius 2 is 2.31 bits per heavy atom. The van der Waals surface area contributed by atoms with Crippen LogP contribution in [0.3, 0.4) is 0 Å². The van der Waals surface area contributed by atoms with E-state index in [4.69, 9.17) is 5.11 Å². The minimum atomic E-state index is -0.309. The second-order valence-corrected chi connectivity index (χ2v) is 3.97. The van der Waals surface area contributed by atoms with Crippen molar-refractivity contribution in [2.75, 3.05) is 13.2 Å². The predicted molar refractivity (Wildman–Crippen MR) is 48.2 cm³/mol. The molecule has 2 N–H and O–H groups in total. The lowest BCUT2D eigenvalue weighted by Gasteiger charge is -2.39. The molecule has 1 saturated carbocycles. The first-order valence-corrected chi connectivity index (χ1v) is 4.90. The molecule has 1 heterocycles. The Kier molecular flexibility index (Phi) is 2.26. The van der Waals surface area contributed by atoms with E-state index in [0.717, 1.165) is 0 Å². The van der Waals surface area contributed by atoms with Crippen molar-refractivity contribution in [3.8, 4) is 0 Å². The zero-order valence-corrected chi connectivity index (χ0v) is 7.86. The minimum Gasteiger partial charge on any atom is -0.394 e. The molecule has 2 aliphatic rings. The number of aliphatic hydroxyl groups excluding tert-OH is 1. The molecule has 2 atom stereocenters. The fourth-order valence-corrected chi connectivity index (χ4v) is 2.08. The van der Waals surface area contributed by atoms with E-state index in [1.54, 1.807) is 0 Å². The van der Waals surface area contributed by atoms with Crippen LogP contribution in [0.15, 0.2) is 0 Å². The van der Waals surface area contributed by atoms with Gasteiger partial charge in [0.2, 0.25) is 5.91 Å². The molecule has 0 spiro atoms. The zero-order chi connectivity index (χ0) is 9.42. The van der Waals surface area contributed by atoms with Crippen LogP contribution >= 0.6 is 0 Å². The molecule has 2 unspecified atom stereocenters. The third-order valence-electron chi connectivity index (χ3n) is 2.88. The van der Waals surface area contributed by atoms with Gasteiger partial charge in [0, 0.05) is 18.6 Å². The van der Waals surface area contributed by atoms with Crippen molar-refractivity contribution in [1.29, 1.82) is 0 Å². The fraction of sp³-hybridized carbons (Fsp3) is 0.889. The molecule has 4 heteroatoms. The number of carbonyl (C=O) groups is 1. The number of aliphatic hydroxyl groups is 1. The molecule has 2 rings (SSSR count). The minimum absolute atomic E-state index is 0.0208. The van der Waals surface area contributed by atoms with E-state index in [1.165, 1.54) is 12.8 Å². The predicted octanol–water partition coefficient (Wildman–Crippen LogP) is -0.670. The van der Waals surface area contributed by atoms with Gasteiger partial charge in [-0.25, -0.2) is 0 Å². The van der Waals surface area contributed by atoms with E-state index in [0.29, 0.717) is 18.6 Å². The summed E-state index contributed by atoms with van der Waals surface area (Å²) in [7, 11) is 0. The lowest BCUT2D eigenvalue weighted by atomic mass is 10.1. The average molecular weight is 184 g/mol. The summed E-state index contributed by atoms with van der Waals surface area (Å²) in [4.78, 5) is 13.6. The number of carbonyl (C=O) groups excluding carboxylic acids is 1. The summed E-state index contributed by atoms with van der Waals surface area (Å²) in [6.45, 7) is 2.75. The van der Waals surface area contributed by atoms with Gasteiger partial charge < -0.3 is 10.4 Å². The number of amides is 1. The number of nitrogens with zero attached hydrogens (tertiary/aromatic N) is 1. The van der Waals surface area contributed by atoms with E-state index in [2.05, 4.69) is 17.1 Å². The van der Waals surface area contributed by atoms with E-state index in [9.17, 15) is 4.79 Å². The van der Waals surface area contributed by atoms with Crippen molar-refractivity contribution in [2.45, 2.75) is 37.9 Å². The van der Waals surface area contributed by atoms with E-state index in [1.807, 2.05) is 0 Å². The van der Waals surface area contributed by atoms with Crippen molar-refractivity contribution in [1.82, 2.24) is 10.2 Å². The van der Waals surface area contributed by atoms with Crippen LogP contribution in [0.2, 0.25) is 0 Å². The molecule has 1 aliphatic carbocycles. The summed E-state index contributed by atoms with van der Waals surface area (Å²) in [5.41, 5.74) is 0. The van der Waals surface area contributed by atoms with Crippen LogP contribution in [0, 0.1) is 0 Å². The molecule has 1 aliphatic heterocycles. The fourth-order valence-electron chi connectivity index (χ4n) is 2.08. The van der Waals surface area contributed by atoms with Gasteiger partial charge in [-0.05, 0) is 19.8 Å². The highest BCUT2D eigenvalue weighted by molar-refractivity contribution is 5.82. The quantitative estimate of drug-likeness (QED) is 0.598. The number of hydrogen-bond donors (Lipinski definition) is 2. The van der Waals surface area contributed by atoms with E-state index in [-0.39, 0.29) is 18.6 Å². The van der Waals surface area contributed by atoms with Gasteiger partial charge in [-0.1, -0.05) is 0 Å². The van der Waals surface area contributed by atoms with Crippen molar-refractivity contribution < 1.29 is 9.90 Å². The zero-order valence-electron chi connectivity index (χ0n) is 7.86. The number of piperazine rings is 1. The molecule has 1 saturated heterocycles. The lowest BCUT2D eigenvalue weighted by molar-refractivity contribution is -0.133. The van der Waals surface area contributed by atoms with E-state index >= 15 is 0 Å². The number of hydrogen-bond acceptors (Lipinski definition) is 3. The second-order valence-electron chi connectivity index (χ2n) is 3.97. The van der Waals surface area contributed by atoms with Gasteiger partial charge in [0.25, 0.3) is 0 Å².